The summed E-state index contributed by atoms with van der Waals surface area (Å²) in [6.45, 7) is 1.93. The van der Waals surface area contributed by atoms with Gasteiger partial charge in [-0.25, -0.2) is 9.59 Å². The van der Waals surface area contributed by atoms with Crippen LogP contribution in [0, 0.1) is 0 Å². The smallest absolute Gasteiger partial charge is 0.326 e. The number of nitrogens with one attached hydrogen (secondary N) is 1. The number of hydrogen-bond acceptors (Lipinski definition) is 3. The number of carbonyl (C=O) groups is 3. The van der Waals surface area contributed by atoms with Crippen LogP contribution in [0.5, 0.6) is 0 Å². The van der Waals surface area contributed by atoms with Gasteiger partial charge in [-0.3, -0.25) is 4.79 Å². The maximum atomic E-state index is 12.3. The molecule has 1 aromatic carbocycles. The Kier molecular flexibility index (Phi) is 5.21. The SMILES string of the molecule is O=C(O)[C@H]1CCCN1C(=O)CCNC(=O)N1CCc2ccccc2C1. The predicted molar refractivity (Wildman–Crippen MR) is 90.9 cm³/mol. The van der Waals surface area contributed by atoms with Gasteiger partial charge in [0.05, 0.1) is 0 Å². The quantitative estimate of drug-likeness (QED) is 0.859. The molecule has 0 bridgehead atoms. The molecule has 7 nitrogen and oxygen atoms in total. The number of rotatable bonds is 4. The van der Waals surface area contributed by atoms with Crippen LogP contribution < -0.4 is 5.32 Å². The highest BCUT2D eigenvalue weighted by Crippen LogP contribution is 2.19. The van der Waals surface area contributed by atoms with Gasteiger partial charge in [0.2, 0.25) is 5.91 Å². The molecule has 0 aliphatic carbocycles. The topological polar surface area (TPSA) is 90.0 Å². The van der Waals surface area contributed by atoms with Gasteiger partial charge in [-0.2, -0.15) is 0 Å². The van der Waals surface area contributed by atoms with E-state index >= 15 is 0 Å². The van der Waals surface area contributed by atoms with Crippen LogP contribution in [0.3, 0.4) is 0 Å². The Morgan fingerprint density at radius 1 is 1.16 bits per heavy atom. The van der Waals surface area contributed by atoms with Crippen LogP contribution >= 0.6 is 0 Å². The molecule has 1 aromatic rings. The minimum Gasteiger partial charge on any atom is -0.480 e. The Morgan fingerprint density at radius 3 is 2.68 bits per heavy atom. The first-order valence-electron chi connectivity index (χ1n) is 8.68. The molecule has 0 saturated carbocycles. The second-order valence-electron chi connectivity index (χ2n) is 6.51. The number of urea groups is 1. The van der Waals surface area contributed by atoms with E-state index < -0.39 is 12.0 Å². The molecule has 0 aromatic heterocycles. The lowest BCUT2D eigenvalue weighted by Gasteiger charge is -2.29. The maximum absolute atomic E-state index is 12.3. The van der Waals surface area contributed by atoms with Gasteiger partial charge in [0.1, 0.15) is 6.04 Å². The molecule has 1 fully saturated rings. The number of amides is 3. The molecule has 134 valence electrons. The molecule has 2 heterocycles. The van der Waals surface area contributed by atoms with E-state index in [1.54, 1.807) is 4.90 Å². The summed E-state index contributed by atoms with van der Waals surface area (Å²) in [5, 5.41) is 11.9. The van der Waals surface area contributed by atoms with Gasteiger partial charge >= 0.3 is 12.0 Å². The van der Waals surface area contributed by atoms with E-state index in [0.29, 0.717) is 32.5 Å². The number of aliphatic carboxylic acids is 1. The Balaban J connectivity index is 1.45. The molecule has 0 radical (unpaired) electrons. The number of carboxylic acid groups (broad SMARTS) is 1. The average molecular weight is 345 g/mol. The standard InChI is InChI=1S/C18H23N3O4/c22-16(21-10-3-6-15(21)17(23)24)7-9-19-18(25)20-11-8-13-4-1-2-5-14(13)12-20/h1-2,4-5,15H,3,6-12H2,(H,19,25)(H,23,24)/t15-/m1/s1. The van der Waals surface area contributed by atoms with Crippen LogP contribution in [0.25, 0.3) is 0 Å². The number of nitrogens with zero attached hydrogens (tertiary/aromatic N) is 2. The number of hydrogen-bond donors (Lipinski definition) is 2. The fraction of sp³-hybridized carbons (Fsp3) is 0.500. The summed E-state index contributed by atoms with van der Waals surface area (Å²) < 4.78 is 0. The lowest BCUT2D eigenvalue weighted by Crippen LogP contribution is -2.45. The van der Waals surface area contributed by atoms with Crippen LogP contribution in [0.15, 0.2) is 24.3 Å². The van der Waals surface area contributed by atoms with E-state index in [4.69, 9.17) is 5.11 Å². The van der Waals surface area contributed by atoms with Gasteiger partial charge in [0, 0.05) is 32.6 Å². The van der Waals surface area contributed by atoms with Crippen LogP contribution in [-0.2, 0) is 22.6 Å². The van der Waals surface area contributed by atoms with Gasteiger partial charge in [0.25, 0.3) is 0 Å². The van der Waals surface area contributed by atoms with Crippen molar-refractivity contribution in [3.63, 3.8) is 0 Å². The summed E-state index contributed by atoms with van der Waals surface area (Å²) in [5.74, 6) is -1.17. The number of carboxylic acids is 1. The van der Waals surface area contributed by atoms with Crippen LogP contribution in [0.1, 0.15) is 30.4 Å². The second-order valence-corrected chi connectivity index (χ2v) is 6.51. The van der Waals surface area contributed by atoms with E-state index in [2.05, 4.69) is 11.4 Å². The van der Waals surface area contributed by atoms with Gasteiger partial charge in [-0.15, -0.1) is 0 Å². The van der Waals surface area contributed by atoms with Crippen LogP contribution in [0.2, 0.25) is 0 Å². The molecule has 7 heteroatoms. The zero-order chi connectivity index (χ0) is 17.8. The maximum Gasteiger partial charge on any atom is 0.326 e. The summed E-state index contributed by atoms with van der Waals surface area (Å²) in [5.41, 5.74) is 2.43. The average Bonchev–Trinajstić information content (AvgIpc) is 3.11. The van der Waals surface area contributed by atoms with Crippen molar-refractivity contribution >= 4 is 17.9 Å². The van der Waals surface area contributed by atoms with Gasteiger partial charge < -0.3 is 20.2 Å². The van der Waals surface area contributed by atoms with E-state index in [0.717, 1.165) is 12.0 Å². The number of benzene rings is 1. The van der Waals surface area contributed by atoms with Crippen molar-refractivity contribution in [3.05, 3.63) is 35.4 Å². The van der Waals surface area contributed by atoms with Crippen molar-refractivity contribution in [1.29, 1.82) is 0 Å². The molecule has 2 aliphatic heterocycles. The third-order valence-corrected chi connectivity index (χ3v) is 4.89. The fourth-order valence-corrected chi connectivity index (χ4v) is 3.52. The first-order chi connectivity index (χ1) is 12.1. The Bertz CT molecular complexity index is 676. The van der Waals surface area contributed by atoms with E-state index in [1.807, 2.05) is 18.2 Å². The third kappa shape index (κ3) is 3.92. The minimum absolute atomic E-state index is 0.125. The molecule has 1 saturated heterocycles. The molecular weight excluding hydrogens is 322 g/mol. The highest BCUT2D eigenvalue weighted by molar-refractivity contribution is 5.84. The first-order valence-corrected chi connectivity index (χ1v) is 8.68. The third-order valence-electron chi connectivity index (χ3n) is 4.89. The predicted octanol–water partition coefficient (Wildman–Crippen LogP) is 1.22. The van der Waals surface area contributed by atoms with E-state index in [-0.39, 0.29) is 24.9 Å². The number of fused-ring (bicyclic) bond motifs is 1. The molecule has 2 N–H and O–H groups in total. The Labute approximate surface area is 146 Å². The normalized spacial score (nSPS) is 19.4. The van der Waals surface area contributed by atoms with E-state index in [1.165, 1.54) is 10.5 Å². The number of carbonyl (C=O) groups excluding carboxylic acids is 2. The van der Waals surface area contributed by atoms with Crippen molar-refractivity contribution in [3.8, 4) is 0 Å². The molecule has 3 rings (SSSR count). The van der Waals surface area contributed by atoms with Crippen molar-refractivity contribution in [2.75, 3.05) is 19.6 Å². The minimum atomic E-state index is -0.957. The Hall–Kier alpha value is -2.57. The summed E-state index contributed by atoms with van der Waals surface area (Å²) in [7, 11) is 0. The Morgan fingerprint density at radius 2 is 1.92 bits per heavy atom. The lowest BCUT2D eigenvalue weighted by atomic mass is 10.0. The molecule has 1 atom stereocenters. The summed E-state index contributed by atoms with van der Waals surface area (Å²) >= 11 is 0. The summed E-state index contributed by atoms with van der Waals surface area (Å²) in [6.07, 6.45) is 2.17. The molecule has 25 heavy (non-hydrogen) atoms. The molecule has 2 aliphatic rings. The van der Waals surface area contributed by atoms with Crippen LogP contribution in [0.4, 0.5) is 4.79 Å². The summed E-state index contributed by atoms with van der Waals surface area (Å²) in [6, 6.07) is 7.17. The molecule has 0 unspecified atom stereocenters. The van der Waals surface area contributed by atoms with Gasteiger partial charge in [0.15, 0.2) is 0 Å². The lowest BCUT2D eigenvalue weighted by molar-refractivity contribution is -0.148. The highest BCUT2D eigenvalue weighted by Gasteiger charge is 2.33. The zero-order valence-corrected chi connectivity index (χ0v) is 14.1. The zero-order valence-electron chi connectivity index (χ0n) is 14.1. The second kappa shape index (κ2) is 7.55. The monoisotopic (exact) mass is 345 g/mol. The molecule has 3 amide bonds. The van der Waals surface area contributed by atoms with Crippen molar-refractivity contribution in [2.24, 2.45) is 0 Å². The fourth-order valence-electron chi connectivity index (χ4n) is 3.52. The molecular formula is C18H23N3O4. The van der Waals surface area contributed by atoms with Crippen molar-refractivity contribution < 1.29 is 19.5 Å². The first kappa shape index (κ1) is 17.3. The highest BCUT2D eigenvalue weighted by atomic mass is 16.4. The van der Waals surface area contributed by atoms with Gasteiger partial charge in [-0.05, 0) is 30.4 Å². The van der Waals surface area contributed by atoms with Crippen molar-refractivity contribution in [2.45, 2.75) is 38.3 Å². The summed E-state index contributed by atoms with van der Waals surface area (Å²) in [4.78, 5) is 38.7. The van der Waals surface area contributed by atoms with E-state index in [9.17, 15) is 14.4 Å². The molecule has 0 spiro atoms. The largest absolute Gasteiger partial charge is 0.480 e. The number of likely N-dealkylation sites (tertiary alicyclic amines) is 1. The van der Waals surface area contributed by atoms with Gasteiger partial charge in [-0.1, -0.05) is 24.3 Å². The van der Waals surface area contributed by atoms with Crippen LogP contribution in [-0.4, -0.2) is 58.5 Å². The van der Waals surface area contributed by atoms with Crippen molar-refractivity contribution in [1.82, 2.24) is 15.1 Å².